The average molecular weight is 199 g/mol. The van der Waals surface area contributed by atoms with Crippen LogP contribution in [0.2, 0.25) is 0 Å². The number of hydrogen-bond acceptors (Lipinski definition) is 4. The summed E-state index contributed by atoms with van der Waals surface area (Å²) in [7, 11) is 0. The molecular formula is C8H13N3OS. The van der Waals surface area contributed by atoms with E-state index in [9.17, 15) is 4.79 Å². The monoisotopic (exact) mass is 199 g/mol. The molecule has 4 nitrogen and oxygen atoms in total. The van der Waals surface area contributed by atoms with Crippen molar-refractivity contribution in [3.63, 3.8) is 0 Å². The van der Waals surface area contributed by atoms with E-state index in [1.807, 2.05) is 13.8 Å². The van der Waals surface area contributed by atoms with Gasteiger partial charge in [-0.15, -0.1) is 11.3 Å². The number of primary amides is 1. The first-order valence-corrected chi connectivity index (χ1v) is 4.80. The number of aryl methyl sites for hydroxylation is 2. The van der Waals surface area contributed by atoms with Crippen LogP contribution in [0.25, 0.3) is 0 Å². The van der Waals surface area contributed by atoms with Crippen LogP contribution in [0.1, 0.15) is 28.0 Å². The molecule has 0 fully saturated rings. The third-order valence-corrected chi connectivity index (χ3v) is 2.90. The highest BCUT2D eigenvalue weighted by Gasteiger charge is 2.15. The number of thiazole rings is 1. The highest BCUT2D eigenvalue weighted by Crippen LogP contribution is 2.24. The quantitative estimate of drug-likeness (QED) is 0.749. The molecule has 0 saturated heterocycles. The Kier molecular flexibility index (Phi) is 3.00. The highest BCUT2D eigenvalue weighted by molar-refractivity contribution is 7.11. The maximum absolute atomic E-state index is 10.6. The van der Waals surface area contributed by atoms with Crippen LogP contribution in [0.5, 0.6) is 0 Å². The zero-order chi connectivity index (χ0) is 10.0. The first-order chi connectivity index (χ1) is 6.00. The van der Waals surface area contributed by atoms with E-state index in [4.69, 9.17) is 11.5 Å². The lowest BCUT2D eigenvalue weighted by molar-refractivity contribution is -0.118. The fourth-order valence-electron chi connectivity index (χ4n) is 1.20. The molecule has 72 valence electrons. The molecule has 1 atom stereocenters. The van der Waals surface area contributed by atoms with E-state index in [1.165, 1.54) is 11.3 Å². The van der Waals surface area contributed by atoms with Gasteiger partial charge < -0.3 is 11.5 Å². The summed E-state index contributed by atoms with van der Waals surface area (Å²) in [6, 6.07) is -0.302. The van der Waals surface area contributed by atoms with E-state index in [-0.39, 0.29) is 18.4 Å². The summed E-state index contributed by atoms with van der Waals surface area (Å²) >= 11 is 1.52. The molecule has 5 heteroatoms. The lowest BCUT2D eigenvalue weighted by Gasteiger charge is -2.06. The van der Waals surface area contributed by atoms with Crippen LogP contribution in [0.15, 0.2) is 0 Å². The predicted octanol–water partition coefficient (Wildman–Crippen LogP) is 0.635. The van der Waals surface area contributed by atoms with Crippen LogP contribution < -0.4 is 11.5 Å². The number of hydrogen-bond donors (Lipinski definition) is 2. The molecule has 0 aliphatic rings. The molecule has 1 aromatic rings. The molecule has 0 aliphatic heterocycles. The minimum atomic E-state index is -0.377. The van der Waals surface area contributed by atoms with Crippen molar-refractivity contribution in [1.82, 2.24) is 4.98 Å². The van der Waals surface area contributed by atoms with Crippen LogP contribution in [0.4, 0.5) is 0 Å². The standard InChI is InChI=1S/C8H13N3OS/c1-4-8(13-5(2)11-4)6(9)3-7(10)12/h6H,3,9H2,1-2H3,(H2,10,12)/t6-/m0/s1. The number of nitrogens with zero attached hydrogens (tertiary/aromatic N) is 1. The second kappa shape index (κ2) is 3.85. The zero-order valence-electron chi connectivity index (χ0n) is 7.70. The Morgan fingerprint density at radius 3 is 2.62 bits per heavy atom. The van der Waals surface area contributed by atoms with Gasteiger partial charge in [0.1, 0.15) is 0 Å². The number of aromatic nitrogens is 1. The fourth-order valence-corrected chi connectivity index (χ4v) is 2.13. The molecular weight excluding hydrogens is 186 g/mol. The normalized spacial score (nSPS) is 12.8. The van der Waals surface area contributed by atoms with Gasteiger partial charge in [0.15, 0.2) is 0 Å². The maximum Gasteiger partial charge on any atom is 0.219 e. The summed E-state index contributed by atoms with van der Waals surface area (Å²) < 4.78 is 0. The smallest absolute Gasteiger partial charge is 0.219 e. The number of carbonyl (C=O) groups excluding carboxylic acids is 1. The van der Waals surface area contributed by atoms with Gasteiger partial charge in [-0.2, -0.15) is 0 Å². The summed E-state index contributed by atoms with van der Waals surface area (Å²) in [6.45, 7) is 3.80. The van der Waals surface area contributed by atoms with Crippen molar-refractivity contribution in [3.05, 3.63) is 15.6 Å². The molecule has 1 aromatic heterocycles. The Morgan fingerprint density at radius 1 is 1.62 bits per heavy atom. The Bertz CT molecular complexity index is 321. The Hall–Kier alpha value is -0.940. The summed E-state index contributed by atoms with van der Waals surface area (Å²) in [4.78, 5) is 15.8. The molecule has 0 saturated carbocycles. The van der Waals surface area contributed by atoms with Crippen LogP contribution in [0.3, 0.4) is 0 Å². The van der Waals surface area contributed by atoms with Crippen molar-refractivity contribution in [2.24, 2.45) is 11.5 Å². The largest absolute Gasteiger partial charge is 0.370 e. The minimum absolute atomic E-state index is 0.183. The lowest BCUT2D eigenvalue weighted by Crippen LogP contribution is -2.20. The van der Waals surface area contributed by atoms with Crippen LogP contribution in [-0.2, 0) is 4.79 Å². The Morgan fingerprint density at radius 2 is 2.23 bits per heavy atom. The SMILES string of the molecule is Cc1nc(C)c([C@@H](N)CC(N)=O)s1. The molecule has 1 rings (SSSR count). The topological polar surface area (TPSA) is 82.0 Å². The molecule has 0 radical (unpaired) electrons. The van der Waals surface area contributed by atoms with E-state index in [1.54, 1.807) is 0 Å². The van der Waals surface area contributed by atoms with Crippen molar-refractivity contribution in [3.8, 4) is 0 Å². The summed E-state index contributed by atoms with van der Waals surface area (Å²) in [6.07, 6.45) is 0.183. The van der Waals surface area contributed by atoms with Crippen molar-refractivity contribution >= 4 is 17.2 Å². The lowest BCUT2D eigenvalue weighted by atomic mass is 10.1. The average Bonchev–Trinajstić information content (AvgIpc) is 2.28. The van der Waals surface area contributed by atoms with Crippen LogP contribution >= 0.6 is 11.3 Å². The molecule has 0 spiro atoms. The molecule has 0 bridgehead atoms. The van der Waals surface area contributed by atoms with Gasteiger partial charge in [-0.25, -0.2) is 4.98 Å². The first-order valence-electron chi connectivity index (χ1n) is 3.98. The van der Waals surface area contributed by atoms with Gasteiger partial charge >= 0.3 is 0 Å². The van der Waals surface area contributed by atoms with Gasteiger partial charge in [-0.3, -0.25) is 4.79 Å². The zero-order valence-corrected chi connectivity index (χ0v) is 8.52. The van der Waals surface area contributed by atoms with Gasteiger partial charge in [-0.1, -0.05) is 0 Å². The van der Waals surface area contributed by atoms with Crippen molar-refractivity contribution < 1.29 is 4.79 Å². The van der Waals surface area contributed by atoms with Gasteiger partial charge in [0.2, 0.25) is 5.91 Å². The van der Waals surface area contributed by atoms with Gasteiger partial charge in [0.25, 0.3) is 0 Å². The molecule has 1 heterocycles. The van der Waals surface area contributed by atoms with Crippen LogP contribution in [0, 0.1) is 13.8 Å². The second-order valence-electron chi connectivity index (χ2n) is 2.96. The number of rotatable bonds is 3. The number of carbonyl (C=O) groups is 1. The predicted molar refractivity (Wildman–Crippen MR) is 52.3 cm³/mol. The first kappa shape index (κ1) is 10.1. The van der Waals surface area contributed by atoms with E-state index in [2.05, 4.69) is 4.98 Å². The second-order valence-corrected chi connectivity index (χ2v) is 4.19. The third-order valence-electron chi connectivity index (χ3n) is 1.70. The van der Waals surface area contributed by atoms with Crippen molar-refractivity contribution in [2.45, 2.75) is 26.3 Å². The van der Waals surface area contributed by atoms with E-state index in [0.717, 1.165) is 15.6 Å². The van der Waals surface area contributed by atoms with Crippen LogP contribution in [-0.4, -0.2) is 10.9 Å². The minimum Gasteiger partial charge on any atom is -0.370 e. The van der Waals surface area contributed by atoms with Gasteiger partial charge in [0.05, 0.1) is 10.7 Å². The van der Waals surface area contributed by atoms with E-state index < -0.39 is 0 Å². The molecule has 0 unspecified atom stereocenters. The molecule has 0 aromatic carbocycles. The summed E-state index contributed by atoms with van der Waals surface area (Å²) in [5.41, 5.74) is 11.7. The molecule has 0 aliphatic carbocycles. The highest BCUT2D eigenvalue weighted by atomic mass is 32.1. The molecule has 13 heavy (non-hydrogen) atoms. The summed E-state index contributed by atoms with van der Waals surface area (Å²) in [5, 5.41) is 0.965. The van der Waals surface area contributed by atoms with Gasteiger partial charge in [0, 0.05) is 17.3 Å². The maximum atomic E-state index is 10.6. The van der Waals surface area contributed by atoms with E-state index in [0.29, 0.717) is 0 Å². The molecule has 4 N–H and O–H groups in total. The van der Waals surface area contributed by atoms with Crippen molar-refractivity contribution in [1.29, 1.82) is 0 Å². The number of amides is 1. The Labute approximate surface area is 81.0 Å². The van der Waals surface area contributed by atoms with Crippen molar-refractivity contribution in [2.75, 3.05) is 0 Å². The van der Waals surface area contributed by atoms with E-state index >= 15 is 0 Å². The molecule has 1 amide bonds. The summed E-state index contributed by atoms with van der Waals surface area (Å²) in [5.74, 6) is -0.377. The van der Waals surface area contributed by atoms with Gasteiger partial charge in [-0.05, 0) is 13.8 Å². The Balaban J connectivity index is 2.81. The third kappa shape index (κ3) is 2.50. The fraction of sp³-hybridized carbons (Fsp3) is 0.500. The number of nitrogens with two attached hydrogens (primary N) is 2.